The van der Waals surface area contributed by atoms with Crippen molar-refractivity contribution in [2.75, 3.05) is 19.5 Å². The van der Waals surface area contributed by atoms with Crippen molar-refractivity contribution in [2.45, 2.75) is 25.7 Å². The Kier molecular flexibility index (Phi) is 6.14. The number of para-hydroxylation sites is 1. The summed E-state index contributed by atoms with van der Waals surface area (Å²) in [7, 11) is 3.25. The van der Waals surface area contributed by atoms with Gasteiger partial charge in [0.15, 0.2) is 0 Å². The number of benzene rings is 2. The van der Waals surface area contributed by atoms with Gasteiger partial charge in [0.25, 0.3) is 5.91 Å². The van der Waals surface area contributed by atoms with Crippen molar-refractivity contribution in [1.82, 2.24) is 0 Å². The van der Waals surface area contributed by atoms with Crippen LogP contribution in [0.5, 0.6) is 11.5 Å². The summed E-state index contributed by atoms with van der Waals surface area (Å²) in [5.41, 5.74) is 3.42. The van der Waals surface area contributed by atoms with Crippen molar-refractivity contribution in [3.8, 4) is 11.5 Å². The maximum Gasteiger partial charge on any atom is 0.259 e. The summed E-state index contributed by atoms with van der Waals surface area (Å²) in [5.74, 6) is 1.33. The van der Waals surface area contributed by atoms with E-state index in [9.17, 15) is 4.79 Å². The average molecular weight is 421 g/mol. The van der Waals surface area contributed by atoms with Crippen LogP contribution in [0.1, 0.15) is 39.2 Å². The number of rotatable bonds is 6. The average Bonchev–Trinajstić information content (AvgIpc) is 3.16. The van der Waals surface area contributed by atoms with E-state index >= 15 is 0 Å². The van der Waals surface area contributed by atoms with E-state index in [2.05, 4.69) is 5.32 Å². The molecule has 3 aromatic rings. The second kappa shape index (κ2) is 9.13. The Morgan fingerprint density at radius 2 is 1.87 bits per heavy atom. The molecule has 5 nitrogen and oxygen atoms in total. The van der Waals surface area contributed by atoms with E-state index in [1.807, 2.05) is 48.5 Å². The maximum atomic E-state index is 13.2. The monoisotopic (exact) mass is 420 g/mol. The number of aryl methyl sites for hydroxylation is 1. The number of carbonyl (C=O) groups is 1. The third kappa shape index (κ3) is 4.24. The van der Waals surface area contributed by atoms with Gasteiger partial charge in [0, 0.05) is 22.3 Å². The van der Waals surface area contributed by atoms with Gasteiger partial charge in [0.1, 0.15) is 16.5 Å². The van der Waals surface area contributed by atoms with Crippen LogP contribution in [0.4, 0.5) is 10.7 Å². The molecule has 1 aromatic heterocycles. The molecule has 1 aliphatic carbocycles. The molecular formula is C24H24N2O3S. The van der Waals surface area contributed by atoms with Crippen LogP contribution in [0.15, 0.2) is 53.5 Å². The topological polar surface area (TPSA) is 59.9 Å². The lowest BCUT2D eigenvalue weighted by Crippen LogP contribution is -2.14. The molecule has 30 heavy (non-hydrogen) atoms. The van der Waals surface area contributed by atoms with Crippen LogP contribution in [-0.2, 0) is 12.8 Å². The van der Waals surface area contributed by atoms with Crippen LogP contribution in [0.25, 0.3) is 0 Å². The van der Waals surface area contributed by atoms with Crippen molar-refractivity contribution in [3.05, 3.63) is 70.1 Å². The summed E-state index contributed by atoms with van der Waals surface area (Å²) in [5, 5.41) is 3.76. The molecule has 0 radical (unpaired) electrons. The van der Waals surface area contributed by atoms with E-state index < -0.39 is 0 Å². The number of hydrogen-bond donors (Lipinski definition) is 1. The Morgan fingerprint density at radius 1 is 1.07 bits per heavy atom. The molecule has 0 saturated carbocycles. The highest BCUT2D eigenvalue weighted by Gasteiger charge is 2.25. The maximum absolute atomic E-state index is 13.2. The van der Waals surface area contributed by atoms with E-state index in [1.165, 1.54) is 4.88 Å². The van der Waals surface area contributed by atoms with Crippen LogP contribution in [0, 0.1) is 0 Å². The van der Waals surface area contributed by atoms with E-state index in [0.29, 0.717) is 11.3 Å². The number of aliphatic imine (C=N–C) groups is 1. The summed E-state index contributed by atoms with van der Waals surface area (Å²) in [6, 6.07) is 15.1. The molecule has 0 spiro atoms. The summed E-state index contributed by atoms with van der Waals surface area (Å²) < 4.78 is 10.8. The molecule has 2 aromatic carbocycles. The lowest BCUT2D eigenvalue weighted by atomic mass is 9.95. The molecule has 1 N–H and O–H groups in total. The number of nitrogens with one attached hydrogen (secondary N) is 1. The number of carbonyl (C=O) groups excluding carboxylic acids is 1. The second-order valence-electron chi connectivity index (χ2n) is 7.08. The second-order valence-corrected chi connectivity index (χ2v) is 8.16. The number of thiophene rings is 1. The predicted molar refractivity (Wildman–Crippen MR) is 122 cm³/mol. The molecule has 6 heteroatoms. The highest BCUT2D eigenvalue weighted by Crippen LogP contribution is 2.40. The quantitative estimate of drug-likeness (QED) is 0.525. The molecule has 4 rings (SSSR count). The molecule has 1 amide bonds. The van der Waals surface area contributed by atoms with Crippen LogP contribution in [0.2, 0.25) is 0 Å². The van der Waals surface area contributed by atoms with Crippen LogP contribution in [0.3, 0.4) is 0 Å². The van der Waals surface area contributed by atoms with Crippen LogP contribution in [-0.4, -0.2) is 26.3 Å². The zero-order chi connectivity index (χ0) is 20.9. The van der Waals surface area contributed by atoms with Crippen LogP contribution >= 0.6 is 11.3 Å². The molecule has 0 aliphatic heterocycles. The minimum absolute atomic E-state index is 0.106. The van der Waals surface area contributed by atoms with Gasteiger partial charge in [-0.05, 0) is 61.6 Å². The summed E-state index contributed by atoms with van der Waals surface area (Å²) in [6.45, 7) is 0. The molecule has 1 aliphatic rings. The van der Waals surface area contributed by atoms with E-state index in [4.69, 9.17) is 14.5 Å². The zero-order valence-electron chi connectivity index (χ0n) is 17.1. The fourth-order valence-electron chi connectivity index (χ4n) is 3.66. The smallest absolute Gasteiger partial charge is 0.259 e. The highest BCUT2D eigenvalue weighted by atomic mass is 32.1. The predicted octanol–water partition coefficient (Wildman–Crippen LogP) is 5.65. The van der Waals surface area contributed by atoms with Crippen molar-refractivity contribution in [1.29, 1.82) is 0 Å². The number of hydrogen-bond acceptors (Lipinski definition) is 5. The van der Waals surface area contributed by atoms with Crippen molar-refractivity contribution < 1.29 is 14.3 Å². The van der Waals surface area contributed by atoms with Crippen molar-refractivity contribution in [3.63, 3.8) is 0 Å². The molecule has 0 saturated heterocycles. The molecule has 0 atom stereocenters. The molecular weight excluding hydrogens is 396 g/mol. The summed E-state index contributed by atoms with van der Waals surface area (Å²) in [4.78, 5) is 19.2. The van der Waals surface area contributed by atoms with E-state index in [1.54, 1.807) is 31.8 Å². The fourth-order valence-corrected chi connectivity index (χ4v) is 4.89. The van der Waals surface area contributed by atoms with Gasteiger partial charge in [0.2, 0.25) is 0 Å². The van der Waals surface area contributed by atoms with Gasteiger partial charge in [-0.1, -0.05) is 18.2 Å². The van der Waals surface area contributed by atoms with Crippen molar-refractivity contribution >= 4 is 34.1 Å². The molecule has 0 bridgehead atoms. The molecule has 154 valence electrons. The normalized spacial score (nSPS) is 13.1. The number of anilines is 1. The van der Waals surface area contributed by atoms with Gasteiger partial charge in [-0.2, -0.15) is 0 Å². The van der Waals surface area contributed by atoms with Gasteiger partial charge in [-0.15, -0.1) is 11.3 Å². The first kappa shape index (κ1) is 20.2. The minimum atomic E-state index is -0.106. The largest absolute Gasteiger partial charge is 0.497 e. The zero-order valence-corrected chi connectivity index (χ0v) is 17.9. The Morgan fingerprint density at radius 3 is 2.63 bits per heavy atom. The summed E-state index contributed by atoms with van der Waals surface area (Å²) in [6.07, 6.45) is 5.92. The number of nitrogens with zero attached hydrogens (tertiary/aromatic N) is 1. The molecule has 0 fully saturated rings. The first-order valence-corrected chi connectivity index (χ1v) is 10.8. The van der Waals surface area contributed by atoms with Gasteiger partial charge < -0.3 is 14.8 Å². The van der Waals surface area contributed by atoms with Gasteiger partial charge in [-0.25, -0.2) is 4.99 Å². The number of amides is 1. The number of ether oxygens (including phenoxy) is 2. The lowest BCUT2D eigenvalue weighted by Gasteiger charge is -2.12. The summed E-state index contributed by atoms with van der Waals surface area (Å²) >= 11 is 1.61. The van der Waals surface area contributed by atoms with Crippen molar-refractivity contribution in [2.24, 2.45) is 4.99 Å². The van der Waals surface area contributed by atoms with E-state index in [0.717, 1.165) is 53.2 Å². The van der Waals surface area contributed by atoms with E-state index in [-0.39, 0.29) is 5.91 Å². The Balaban J connectivity index is 1.71. The molecule has 1 heterocycles. The SMILES string of the molecule is COc1ccc(OC)c(C=Nc2sc3c(c2C(=O)Nc2ccccc2)CCCC3)c1. The number of fused-ring (bicyclic) bond motifs is 1. The van der Waals surface area contributed by atoms with Gasteiger partial charge >= 0.3 is 0 Å². The van der Waals surface area contributed by atoms with Crippen LogP contribution < -0.4 is 14.8 Å². The van der Waals surface area contributed by atoms with Gasteiger partial charge in [0.05, 0.1) is 19.8 Å². The Hall–Kier alpha value is -3.12. The first-order valence-electron chi connectivity index (χ1n) is 9.96. The number of methoxy groups -OCH3 is 2. The third-order valence-electron chi connectivity index (χ3n) is 5.17. The fraction of sp³-hybridized carbons (Fsp3) is 0.250. The minimum Gasteiger partial charge on any atom is -0.497 e. The lowest BCUT2D eigenvalue weighted by molar-refractivity contribution is 0.102. The Labute approximate surface area is 180 Å². The molecule has 0 unspecified atom stereocenters. The first-order chi connectivity index (χ1) is 14.7. The highest BCUT2D eigenvalue weighted by molar-refractivity contribution is 7.16. The van der Waals surface area contributed by atoms with Gasteiger partial charge in [-0.3, -0.25) is 4.79 Å². The standard InChI is InChI=1S/C24H24N2O3S/c1-28-18-12-13-20(29-2)16(14-18)15-25-24-22(19-10-6-7-11-21(19)30-24)23(27)26-17-8-4-3-5-9-17/h3-5,8-9,12-15H,6-7,10-11H2,1-2H3,(H,26,27). The third-order valence-corrected chi connectivity index (χ3v) is 6.37. The Bertz CT molecular complexity index is 1070.